The van der Waals surface area contributed by atoms with Gasteiger partial charge in [0.05, 0.1) is 0 Å². The lowest BCUT2D eigenvalue weighted by atomic mass is 10.6. The summed E-state index contributed by atoms with van der Waals surface area (Å²) in [5, 5.41) is 25.2. The third kappa shape index (κ3) is 3.19. The van der Waals surface area contributed by atoms with Crippen molar-refractivity contribution < 1.29 is 20.1 Å². The Morgan fingerprint density at radius 2 is 1.83 bits per heavy atom. The molecule has 3 N–H and O–H groups in total. The van der Waals surface area contributed by atoms with E-state index in [0.29, 0.717) is 0 Å². The van der Waals surface area contributed by atoms with Crippen LogP contribution >= 0.6 is 0 Å². The van der Waals surface area contributed by atoms with Crippen LogP contribution in [-0.4, -0.2) is 42.9 Å². The predicted octanol–water partition coefficient (Wildman–Crippen LogP) is -2.12. The van der Waals surface area contributed by atoms with Crippen molar-refractivity contribution >= 4 is 0 Å². The van der Waals surface area contributed by atoms with Gasteiger partial charge in [0.15, 0.2) is 6.61 Å². The molecule has 0 fully saturated rings. The van der Waals surface area contributed by atoms with Crippen LogP contribution in [0.3, 0.4) is 0 Å². The molecule has 0 amide bonds. The molecule has 7 heteroatoms. The largest absolute Gasteiger partial charge is 0.455 e. The van der Waals surface area contributed by atoms with Gasteiger partial charge >= 0.3 is 12.0 Å². The number of rotatable bonds is 3. The molecule has 0 aliphatic carbocycles. The number of hydrogen-bond acceptors (Lipinski definition) is 7. The van der Waals surface area contributed by atoms with Gasteiger partial charge in [-0.2, -0.15) is 9.97 Å². The van der Waals surface area contributed by atoms with E-state index in [-0.39, 0.29) is 6.01 Å². The molecular weight excluding hydrogens is 166 g/mol. The van der Waals surface area contributed by atoms with Gasteiger partial charge in [0, 0.05) is 0 Å². The third-order valence-corrected chi connectivity index (χ3v) is 0.865. The van der Waals surface area contributed by atoms with Gasteiger partial charge in [0.25, 0.3) is 0 Å². The molecule has 0 aromatic carbocycles. The van der Waals surface area contributed by atoms with Crippen LogP contribution < -0.4 is 4.74 Å². The first-order valence-corrected chi connectivity index (χ1v) is 3.00. The van der Waals surface area contributed by atoms with Gasteiger partial charge in [-0.15, -0.1) is 0 Å². The molecule has 1 aromatic heterocycles. The summed E-state index contributed by atoms with van der Waals surface area (Å²) >= 11 is 0. The summed E-state index contributed by atoms with van der Waals surface area (Å²) in [5.74, 6) is -2.87. The number of ether oxygens (including phenoxy) is 1. The fourth-order valence-corrected chi connectivity index (χ4v) is 0.465. The van der Waals surface area contributed by atoms with Gasteiger partial charge in [-0.1, -0.05) is 0 Å². The van der Waals surface area contributed by atoms with E-state index in [0.717, 1.165) is 0 Å². The van der Waals surface area contributed by atoms with E-state index in [2.05, 4.69) is 19.7 Å². The smallest absolute Gasteiger partial charge is 0.319 e. The van der Waals surface area contributed by atoms with Crippen LogP contribution in [0.1, 0.15) is 0 Å². The van der Waals surface area contributed by atoms with Gasteiger partial charge in [-0.25, -0.2) is 4.98 Å². The zero-order chi connectivity index (χ0) is 9.03. The molecule has 66 valence electrons. The second-order valence-electron chi connectivity index (χ2n) is 1.98. The van der Waals surface area contributed by atoms with Crippen molar-refractivity contribution in [1.82, 2.24) is 15.0 Å². The minimum absolute atomic E-state index is 0.0912. The maximum absolute atomic E-state index is 8.39. The van der Waals surface area contributed by atoms with Crippen molar-refractivity contribution in [2.45, 2.75) is 5.97 Å². The molecule has 0 spiro atoms. The Hall–Kier alpha value is -1.31. The lowest BCUT2D eigenvalue weighted by Gasteiger charge is -2.12. The second kappa shape index (κ2) is 3.39. The molecule has 1 heterocycles. The van der Waals surface area contributed by atoms with E-state index in [9.17, 15) is 0 Å². The fourth-order valence-electron chi connectivity index (χ4n) is 0.465. The molecule has 0 radical (unpaired) electrons. The molecule has 0 saturated heterocycles. The molecule has 0 atom stereocenters. The number of nitrogens with zero attached hydrogens (tertiary/aromatic N) is 3. The fraction of sp³-hybridized carbons (Fsp3) is 0.400. The quantitative estimate of drug-likeness (QED) is 0.448. The highest BCUT2D eigenvalue weighted by Crippen LogP contribution is 1.99. The predicted molar refractivity (Wildman–Crippen MR) is 34.7 cm³/mol. The third-order valence-electron chi connectivity index (χ3n) is 0.865. The Balaban J connectivity index is 2.44. The normalized spacial score (nSPS) is 11.2. The first-order chi connectivity index (χ1) is 5.58. The van der Waals surface area contributed by atoms with Crippen molar-refractivity contribution in [3.63, 3.8) is 0 Å². The highest BCUT2D eigenvalue weighted by molar-refractivity contribution is 4.86. The monoisotopic (exact) mass is 173 g/mol. The molecule has 12 heavy (non-hydrogen) atoms. The molecule has 0 aliphatic rings. The molecule has 0 unspecified atom stereocenters. The van der Waals surface area contributed by atoms with Gasteiger partial charge in [-0.3, -0.25) is 0 Å². The molecule has 0 saturated carbocycles. The Morgan fingerprint density at radius 1 is 1.25 bits per heavy atom. The number of aromatic nitrogens is 3. The first-order valence-electron chi connectivity index (χ1n) is 3.00. The zero-order valence-electron chi connectivity index (χ0n) is 5.95. The molecule has 7 nitrogen and oxygen atoms in total. The van der Waals surface area contributed by atoms with Gasteiger partial charge in [0.2, 0.25) is 0 Å². The van der Waals surface area contributed by atoms with E-state index in [4.69, 9.17) is 15.3 Å². The molecule has 1 rings (SSSR count). The van der Waals surface area contributed by atoms with E-state index in [1.54, 1.807) is 0 Å². The average Bonchev–Trinajstić information content (AvgIpc) is 2.02. The van der Waals surface area contributed by atoms with Crippen LogP contribution in [0.4, 0.5) is 0 Å². The second-order valence-corrected chi connectivity index (χ2v) is 1.98. The maximum atomic E-state index is 8.39. The van der Waals surface area contributed by atoms with Crippen LogP contribution in [0.2, 0.25) is 0 Å². The van der Waals surface area contributed by atoms with Crippen LogP contribution in [0, 0.1) is 0 Å². The van der Waals surface area contributed by atoms with Crippen LogP contribution in [-0.2, 0) is 0 Å². The van der Waals surface area contributed by atoms with Gasteiger partial charge in [-0.05, 0) is 0 Å². The first kappa shape index (κ1) is 8.78. The summed E-state index contributed by atoms with van der Waals surface area (Å²) in [4.78, 5) is 10.5. The molecular formula is C5H7N3O4. The summed E-state index contributed by atoms with van der Waals surface area (Å²) < 4.78 is 4.56. The summed E-state index contributed by atoms with van der Waals surface area (Å²) in [6, 6.07) is -0.0912. The SMILES string of the molecule is OC(O)(O)COc1ncncn1. The van der Waals surface area contributed by atoms with E-state index in [1.807, 2.05) is 0 Å². The van der Waals surface area contributed by atoms with Crippen LogP contribution in [0.15, 0.2) is 12.7 Å². The van der Waals surface area contributed by atoms with Crippen molar-refractivity contribution in [3.8, 4) is 6.01 Å². The summed E-state index contributed by atoms with van der Waals surface area (Å²) in [6.07, 6.45) is 2.35. The highest BCUT2D eigenvalue weighted by Gasteiger charge is 2.19. The van der Waals surface area contributed by atoms with Crippen molar-refractivity contribution in [2.75, 3.05) is 6.61 Å². The molecule has 1 aromatic rings. The average molecular weight is 173 g/mol. The highest BCUT2D eigenvalue weighted by atomic mass is 16.7. The van der Waals surface area contributed by atoms with Crippen molar-refractivity contribution in [3.05, 3.63) is 12.7 Å². The number of hydrogen-bond donors (Lipinski definition) is 3. The van der Waals surface area contributed by atoms with Gasteiger partial charge in [0.1, 0.15) is 12.7 Å². The van der Waals surface area contributed by atoms with E-state index in [1.165, 1.54) is 12.7 Å². The van der Waals surface area contributed by atoms with E-state index < -0.39 is 12.6 Å². The lowest BCUT2D eigenvalue weighted by Crippen LogP contribution is -2.35. The van der Waals surface area contributed by atoms with Crippen LogP contribution in [0.5, 0.6) is 6.01 Å². The Bertz CT molecular complexity index is 234. The minimum atomic E-state index is -2.87. The summed E-state index contributed by atoms with van der Waals surface area (Å²) in [7, 11) is 0. The minimum Gasteiger partial charge on any atom is -0.455 e. The van der Waals surface area contributed by atoms with Crippen LogP contribution in [0.25, 0.3) is 0 Å². The Morgan fingerprint density at radius 3 is 2.33 bits per heavy atom. The van der Waals surface area contributed by atoms with Gasteiger partial charge < -0.3 is 20.1 Å². The Labute approximate surface area is 67.3 Å². The standard InChI is InChI=1S/C5H7N3O4/c9-5(10,11)1-12-4-7-2-6-3-8-4/h2-3,9-11H,1H2. The summed E-state index contributed by atoms with van der Waals surface area (Å²) in [6.45, 7) is -0.725. The van der Waals surface area contributed by atoms with Crippen molar-refractivity contribution in [1.29, 1.82) is 0 Å². The number of aliphatic hydroxyl groups is 3. The van der Waals surface area contributed by atoms with E-state index >= 15 is 0 Å². The zero-order valence-corrected chi connectivity index (χ0v) is 5.95. The maximum Gasteiger partial charge on any atom is 0.319 e. The topological polar surface area (TPSA) is 109 Å². The summed E-state index contributed by atoms with van der Waals surface area (Å²) in [5.41, 5.74) is 0. The molecule has 0 bridgehead atoms. The Kier molecular flexibility index (Phi) is 2.48. The van der Waals surface area contributed by atoms with Crippen molar-refractivity contribution in [2.24, 2.45) is 0 Å². The lowest BCUT2D eigenvalue weighted by molar-refractivity contribution is -0.323. The molecule has 0 aliphatic heterocycles.